The number of rotatable bonds is 9. The van der Waals surface area contributed by atoms with Gasteiger partial charge in [0.15, 0.2) is 0 Å². The summed E-state index contributed by atoms with van der Waals surface area (Å²) >= 11 is 0. The zero-order valence-electron chi connectivity index (χ0n) is 11.8. The van der Waals surface area contributed by atoms with Crippen LogP contribution in [0.4, 0.5) is 4.79 Å². The molecule has 0 atom stereocenters. The minimum Gasteiger partial charge on any atom is -0.451 e. The largest absolute Gasteiger partial charge is 0.451 e. The van der Waals surface area contributed by atoms with Gasteiger partial charge < -0.3 is 4.74 Å². The van der Waals surface area contributed by atoms with Crippen LogP contribution in [0, 0.1) is 0 Å². The standard InChI is InChI=1S/C11H19N5O4/c1-5-6-10(12-14-15-16(3)8-17)9(2)7-20-13-11(18)19-4/h6,8H,2,5,7H2,1,3-4H3,(H,12,15)(H,13,18)/b10-6+. The van der Waals surface area contributed by atoms with E-state index in [9.17, 15) is 9.59 Å². The molecule has 0 radical (unpaired) electrons. The first-order chi connectivity index (χ1) is 9.54. The number of allylic oxidation sites excluding steroid dienone is 1. The minimum absolute atomic E-state index is 0.0347. The molecule has 2 N–H and O–H groups in total. The molecule has 0 spiro atoms. The molecule has 0 aromatic carbocycles. The maximum atomic E-state index is 10.8. The third-order valence-electron chi connectivity index (χ3n) is 1.89. The van der Waals surface area contributed by atoms with Crippen molar-refractivity contribution in [2.75, 3.05) is 20.8 Å². The van der Waals surface area contributed by atoms with Crippen molar-refractivity contribution in [1.29, 1.82) is 0 Å². The van der Waals surface area contributed by atoms with Gasteiger partial charge in [-0.05, 0) is 17.2 Å². The van der Waals surface area contributed by atoms with E-state index >= 15 is 0 Å². The zero-order chi connectivity index (χ0) is 15.4. The van der Waals surface area contributed by atoms with Crippen molar-refractivity contribution in [3.05, 3.63) is 23.9 Å². The molecular weight excluding hydrogens is 266 g/mol. The molecule has 0 heterocycles. The molecular formula is C11H19N5O4. The fourth-order valence-corrected chi connectivity index (χ4v) is 0.943. The Hall–Kier alpha value is -2.42. The van der Waals surface area contributed by atoms with E-state index in [1.807, 2.05) is 13.0 Å². The first kappa shape index (κ1) is 17.6. The van der Waals surface area contributed by atoms with Gasteiger partial charge >= 0.3 is 6.09 Å². The predicted octanol–water partition coefficient (Wildman–Crippen LogP) is 1.08. The number of hydroxylamine groups is 1. The number of hydrogen-bond acceptors (Lipinski definition) is 6. The number of carbonyl (C=O) groups is 2. The van der Waals surface area contributed by atoms with Gasteiger partial charge in [0.25, 0.3) is 0 Å². The van der Waals surface area contributed by atoms with Gasteiger partial charge in [-0.2, -0.15) is 5.48 Å². The van der Waals surface area contributed by atoms with Crippen LogP contribution in [0.1, 0.15) is 13.3 Å². The predicted molar refractivity (Wildman–Crippen MR) is 70.8 cm³/mol. The molecule has 0 saturated heterocycles. The van der Waals surface area contributed by atoms with Crippen LogP contribution in [0.2, 0.25) is 0 Å². The fraction of sp³-hybridized carbons (Fsp3) is 0.455. The molecule has 112 valence electrons. The lowest BCUT2D eigenvalue weighted by Gasteiger charge is -2.10. The number of hydrogen-bond donors (Lipinski definition) is 2. The second-order valence-electron chi connectivity index (χ2n) is 3.49. The molecule has 0 aliphatic heterocycles. The first-order valence-electron chi connectivity index (χ1n) is 5.74. The number of ether oxygens (including phenoxy) is 1. The van der Waals surface area contributed by atoms with Crippen LogP contribution in [0.15, 0.2) is 34.4 Å². The third-order valence-corrected chi connectivity index (χ3v) is 1.89. The van der Waals surface area contributed by atoms with Crippen LogP contribution in [0.5, 0.6) is 0 Å². The molecule has 20 heavy (non-hydrogen) atoms. The molecule has 0 saturated carbocycles. The number of nitrogens with zero attached hydrogens (tertiary/aromatic N) is 3. The molecule has 2 amide bonds. The molecule has 0 bridgehead atoms. The molecule has 0 fully saturated rings. The molecule has 9 heteroatoms. The summed E-state index contributed by atoms with van der Waals surface area (Å²) in [5.41, 5.74) is 5.80. The minimum atomic E-state index is -0.709. The lowest BCUT2D eigenvalue weighted by atomic mass is 10.2. The maximum Gasteiger partial charge on any atom is 0.431 e. The van der Waals surface area contributed by atoms with Crippen molar-refractivity contribution in [2.45, 2.75) is 13.3 Å². The Labute approximate surface area is 117 Å². The number of nitrogens with one attached hydrogen (secondary N) is 2. The van der Waals surface area contributed by atoms with Crippen molar-refractivity contribution in [3.8, 4) is 0 Å². The van der Waals surface area contributed by atoms with Crippen molar-refractivity contribution >= 4 is 12.5 Å². The van der Waals surface area contributed by atoms with Crippen LogP contribution >= 0.6 is 0 Å². The number of amides is 2. The van der Waals surface area contributed by atoms with E-state index in [0.29, 0.717) is 17.7 Å². The Balaban J connectivity index is 4.34. The Kier molecular flexibility index (Phi) is 9.23. The lowest BCUT2D eigenvalue weighted by Crippen LogP contribution is -2.25. The summed E-state index contributed by atoms with van der Waals surface area (Å²) in [7, 11) is 2.67. The molecule has 0 aliphatic rings. The Morgan fingerprint density at radius 2 is 2.20 bits per heavy atom. The summed E-state index contributed by atoms with van der Waals surface area (Å²) in [5, 5.41) is 8.14. The first-order valence-corrected chi connectivity index (χ1v) is 5.74. The monoisotopic (exact) mass is 285 g/mol. The van der Waals surface area contributed by atoms with Crippen LogP contribution in [0.3, 0.4) is 0 Å². The fourth-order valence-electron chi connectivity index (χ4n) is 0.943. The van der Waals surface area contributed by atoms with Gasteiger partial charge in [0, 0.05) is 7.05 Å². The van der Waals surface area contributed by atoms with Crippen molar-refractivity contribution in [1.82, 2.24) is 15.9 Å². The SMILES string of the molecule is C=C(CONC(=O)OC)/C(=C\CC)N/N=N\N(C)C=O. The zero-order valence-corrected chi connectivity index (χ0v) is 11.8. The average Bonchev–Trinajstić information content (AvgIpc) is 2.45. The van der Waals surface area contributed by atoms with Gasteiger partial charge in [0.05, 0.1) is 12.8 Å². The van der Waals surface area contributed by atoms with Crippen LogP contribution in [0.25, 0.3) is 0 Å². The van der Waals surface area contributed by atoms with Gasteiger partial charge in [-0.15, -0.1) is 0 Å². The van der Waals surface area contributed by atoms with E-state index in [4.69, 9.17) is 4.84 Å². The Morgan fingerprint density at radius 1 is 1.50 bits per heavy atom. The van der Waals surface area contributed by atoms with E-state index in [1.165, 1.54) is 14.2 Å². The van der Waals surface area contributed by atoms with Crippen LogP contribution in [-0.4, -0.2) is 38.3 Å². The highest BCUT2D eigenvalue weighted by molar-refractivity contribution is 5.65. The molecule has 0 aromatic rings. The lowest BCUT2D eigenvalue weighted by molar-refractivity contribution is -0.117. The van der Waals surface area contributed by atoms with E-state index in [0.717, 1.165) is 11.4 Å². The number of carbonyl (C=O) groups excluding carboxylic acids is 2. The number of methoxy groups -OCH3 is 1. The maximum absolute atomic E-state index is 10.8. The van der Waals surface area contributed by atoms with E-state index in [2.05, 4.69) is 32.7 Å². The van der Waals surface area contributed by atoms with Gasteiger partial charge in [-0.25, -0.2) is 9.80 Å². The molecule has 0 rings (SSSR count). The topological polar surface area (TPSA) is 105 Å². The summed E-state index contributed by atoms with van der Waals surface area (Å²) in [6.45, 7) is 5.74. The molecule has 0 unspecified atom stereocenters. The highest BCUT2D eigenvalue weighted by atomic mass is 16.7. The quantitative estimate of drug-likeness (QED) is 0.285. The highest BCUT2D eigenvalue weighted by Gasteiger charge is 2.04. The van der Waals surface area contributed by atoms with Gasteiger partial charge in [-0.3, -0.25) is 15.1 Å². The van der Waals surface area contributed by atoms with E-state index in [-0.39, 0.29) is 6.61 Å². The Bertz CT molecular complexity index is 394. The summed E-state index contributed by atoms with van der Waals surface area (Å²) < 4.78 is 4.34. The second-order valence-corrected chi connectivity index (χ2v) is 3.49. The van der Waals surface area contributed by atoms with E-state index in [1.54, 1.807) is 0 Å². The summed E-state index contributed by atoms with van der Waals surface area (Å²) in [6.07, 6.45) is 2.33. The van der Waals surface area contributed by atoms with Crippen molar-refractivity contribution < 1.29 is 19.2 Å². The molecule has 9 nitrogen and oxygen atoms in total. The van der Waals surface area contributed by atoms with Gasteiger partial charge in [0.2, 0.25) is 6.41 Å². The summed E-state index contributed by atoms with van der Waals surface area (Å²) in [4.78, 5) is 26.0. The van der Waals surface area contributed by atoms with Crippen LogP contribution < -0.4 is 10.9 Å². The normalized spacial score (nSPS) is 11.1. The highest BCUT2D eigenvalue weighted by Crippen LogP contribution is 2.06. The average molecular weight is 285 g/mol. The molecule has 0 aromatic heterocycles. The molecule has 0 aliphatic carbocycles. The smallest absolute Gasteiger partial charge is 0.431 e. The van der Waals surface area contributed by atoms with Crippen molar-refractivity contribution in [2.24, 2.45) is 10.4 Å². The van der Waals surface area contributed by atoms with E-state index < -0.39 is 6.09 Å². The summed E-state index contributed by atoms with van der Waals surface area (Å²) in [5.74, 6) is 0. The summed E-state index contributed by atoms with van der Waals surface area (Å²) in [6, 6.07) is 0. The second kappa shape index (κ2) is 10.5. The van der Waals surface area contributed by atoms with Crippen LogP contribution in [-0.2, 0) is 14.4 Å². The Morgan fingerprint density at radius 3 is 2.75 bits per heavy atom. The van der Waals surface area contributed by atoms with Crippen molar-refractivity contribution in [3.63, 3.8) is 0 Å². The van der Waals surface area contributed by atoms with Gasteiger partial charge in [0.1, 0.15) is 6.61 Å². The third kappa shape index (κ3) is 7.82. The van der Waals surface area contributed by atoms with Gasteiger partial charge in [-0.1, -0.05) is 24.8 Å².